The molecule has 0 aliphatic carbocycles. The summed E-state index contributed by atoms with van der Waals surface area (Å²) in [6, 6.07) is 5.63. The maximum absolute atomic E-state index is 10.6. The lowest BCUT2D eigenvalue weighted by molar-refractivity contribution is -0.137. The quantitative estimate of drug-likeness (QED) is 0.865. The Labute approximate surface area is 117 Å². The van der Waals surface area contributed by atoms with E-state index < -0.39 is 5.97 Å². The largest absolute Gasteiger partial charge is 0.481 e. The zero-order valence-electron chi connectivity index (χ0n) is 10.5. The van der Waals surface area contributed by atoms with Gasteiger partial charge in [-0.05, 0) is 31.2 Å². The zero-order valence-corrected chi connectivity index (χ0v) is 12.0. The van der Waals surface area contributed by atoms with Crippen molar-refractivity contribution in [3.05, 3.63) is 33.8 Å². The van der Waals surface area contributed by atoms with Crippen LogP contribution in [-0.4, -0.2) is 29.1 Å². The fourth-order valence-electron chi connectivity index (χ4n) is 1.85. The molecule has 0 bridgehead atoms. The number of hydrogen-bond donors (Lipinski definition) is 1. The smallest absolute Gasteiger partial charge is 0.304 e. The minimum Gasteiger partial charge on any atom is -0.481 e. The summed E-state index contributed by atoms with van der Waals surface area (Å²) in [5.41, 5.74) is 1.04. The van der Waals surface area contributed by atoms with E-state index in [1.165, 1.54) is 0 Å². The molecule has 1 rings (SSSR count). The van der Waals surface area contributed by atoms with Crippen LogP contribution in [0.1, 0.15) is 31.9 Å². The minimum atomic E-state index is -0.783. The van der Waals surface area contributed by atoms with Crippen molar-refractivity contribution in [3.8, 4) is 0 Å². The zero-order chi connectivity index (χ0) is 13.7. The first kappa shape index (κ1) is 15.3. The highest BCUT2D eigenvalue weighted by Gasteiger charge is 2.16. The molecule has 1 unspecified atom stereocenters. The first-order valence-corrected chi connectivity index (χ1v) is 6.62. The number of aliphatic carboxylic acids is 1. The van der Waals surface area contributed by atoms with Gasteiger partial charge in [0.1, 0.15) is 0 Å². The monoisotopic (exact) mass is 289 g/mol. The summed E-state index contributed by atoms with van der Waals surface area (Å²) in [6.45, 7) is 5.35. The van der Waals surface area contributed by atoms with Gasteiger partial charge in [0, 0.05) is 12.6 Å². The van der Waals surface area contributed by atoms with Crippen LogP contribution in [0, 0.1) is 0 Å². The fourth-order valence-corrected chi connectivity index (χ4v) is 2.15. The van der Waals surface area contributed by atoms with Gasteiger partial charge in [-0.2, -0.15) is 0 Å². The molecule has 0 spiro atoms. The van der Waals surface area contributed by atoms with Crippen LogP contribution in [-0.2, 0) is 4.79 Å². The Bertz CT molecular complexity index is 423. The molecular weight excluding hydrogens is 273 g/mol. The second-order valence-corrected chi connectivity index (χ2v) is 4.94. The lowest BCUT2D eigenvalue weighted by Crippen LogP contribution is -2.29. The first-order valence-electron chi connectivity index (χ1n) is 5.86. The summed E-state index contributed by atoms with van der Waals surface area (Å²) in [6.07, 6.45) is 0.138. The van der Waals surface area contributed by atoms with E-state index in [9.17, 15) is 4.79 Å². The van der Waals surface area contributed by atoms with Crippen molar-refractivity contribution in [2.45, 2.75) is 26.3 Å². The van der Waals surface area contributed by atoms with Gasteiger partial charge in [0.15, 0.2) is 0 Å². The summed E-state index contributed by atoms with van der Waals surface area (Å²) >= 11 is 11.9. The third-order valence-corrected chi connectivity index (χ3v) is 3.73. The molecule has 0 amide bonds. The lowest BCUT2D eigenvalue weighted by Gasteiger charge is -2.27. The number of nitrogens with zero attached hydrogens (tertiary/aromatic N) is 1. The predicted octanol–water partition coefficient (Wildman–Crippen LogP) is 3.85. The lowest BCUT2D eigenvalue weighted by atomic mass is 10.1. The Balaban J connectivity index is 2.78. The van der Waals surface area contributed by atoms with Crippen molar-refractivity contribution in [2.24, 2.45) is 0 Å². The Hall–Kier alpha value is -0.770. The third-order valence-electron chi connectivity index (χ3n) is 2.99. The van der Waals surface area contributed by atoms with Gasteiger partial charge in [0.2, 0.25) is 0 Å². The predicted molar refractivity (Wildman–Crippen MR) is 74.4 cm³/mol. The number of carbonyl (C=O) groups is 1. The molecule has 0 aliphatic rings. The molecule has 100 valence electrons. The van der Waals surface area contributed by atoms with Crippen molar-refractivity contribution in [1.29, 1.82) is 0 Å². The van der Waals surface area contributed by atoms with Crippen LogP contribution in [0.25, 0.3) is 0 Å². The summed E-state index contributed by atoms with van der Waals surface area (Å²) in [4.78, 5) is 12.7. The summed E-state index contributed by atoms with van der Waals surface area (Å²) in [7, 11) is 0. The maximum Gasteiger partial charge on any atom is 0.304 e. The molecule has 0 radical (unpaired) electrons. The summed E-state index contributed by atoms with van der Waals surface area (Å²) < 4.78 is 0. The fraction of sp³-hybridized carbons (Fsp3) is 0.462. The van der Waals surface area contributed by atoms with E-state index in [-0.39, 0.29) is 12.5 Å². The topological polar surface area (TPSA) is 40.5 Å². The van der Waals surface area contributed by atoms with Gasteiger partial charge in [0.05, 0.1) is 16.5 Å². The summed E-state index contributed by atoms with van der Waals surface area (Å²) in [5, 5.41) is 9.78. The van der Waals surface area contributed by atoms with Crippen molar-refractivity contribution >= 4 is 29.2 Å². The molecule has 18 heavy (non-hydrogen) atoms. The van der Waals surface area contributed by atoms with Crippen molar-refractivity contribution in [3.63, 3.8) is 0 Å². The Morgan fingerprint density at radius 1 is 1.39 bits per heavy atom. The molecule has 1 N–H and O–H groups in total. The number of rotatable bonds is 6. The molecule has 5 heteroatoms. The molecule has 0 fully saturated rings. The van der Waals surface area contributed by atoms with Gasteiger partial charge >= 0.3 is 5.97 Å². The number of carboxylic acid groups (broad SMARTS) is 1. The van der Waals surface area contributed by atoms with Gasteiger partial charge in [-0.15, -0.1) is 0 Å². The van der Waals surface area contributed by atoms with Crippen LogP contribution >= 0.6 is 23.2 Å². The molecule has 0 aromatic heterocycles. The normalized spacial score (nSPS) is 12.7. The van der Waals surface area contributed by atoms with E-state index in [4.69, 9.17) is 28.3 Å². The average molecular weight is 290 g/mol. The SMILES string of the molecule is CCN(CCC(=O)O)C(C)c1ccc(Cl)c(Cl)c1. The Morgan fingerprint density at radius 2 is 2.06 bits per heavy atom. The second kappa shape index (κ2) is 6.98. The van der Waals surface area contributed by atoms with Crippen LogP contribution in [0.15, 0.2) is 18.2 Å². The number of hydrogen-bond acceptors (Lipinski definition) is 2. The van der Waals surface area contributed by atoms with Crippen molar-refractivity contribution in [2.75, 3.05) is 13.1 Å². The van der Waals surface area contributed by atoms with Gasteiger partial charge in [-0.1, -0.05) is 36.2 Å². The molecule has 3 nitrogen and oxygen atoms in total. The standard InChI is InChI=1S/C13H17Cl2NO2/c1-3-16(7-6-13(17)18)9(2)10-4-5-11(14)12(15)8-10/h4-5,8-9H,3,6-7H2,1-2H3,(H,17,18). The van der Waals surface area contributed by atoms with E-state index in [0.29, 0.717) is 16.6 Å². The highest BCUT2D eigenvalue weighted by Crippen LogP contribution is 2.28. The van der Waals surface area contributed by atoms with Gasteiger partial charge < -0.3 is 5.11 Å². The summed E-state index contributed by atoms with van der Waals surface area (Å²) in [5.74, 6) is -0.783. The minimum absolute atomic E-state index is 0.115. The van der Waals surface area contributed by atoms with Crippen LogP contribution < -0.4 is 0 Å². The molecule has 0 aliphatic heterocycles. The van der Waals surface area contributed by atoms with Gasteiger partial charge in [-0.25, -0.2) is 0 Å². The van der Waals surface area contributed by atoms with Crippen LogP contribution in [0.5, 0.6) is 0 Å². The van der Waals surface area contributed by atoms with Crippen molar-refractivity contribution in [1.82, 2.24) is 4.90 Å². The molecule has 0 heterocycles. The van der Waals surface area contributed by atoms with E-state index in [2.05, 4.69) is 4.90 Å². The highest BCUT2D eigenvalue weighted by molar-refractivity contribution is 6.42. The molecular formula is C13H17Cl2NO2. The van der Waals surface area contributed by atoms with Crippen molar-refractivity contribution < 1.29 is 9.90 Å². The number of carboxylic acids is 1. The molecule has 1 atom stereocenters. The van der Waals surface area contributed by atoms with E-state index in [1.807, 2.05) is 26.0 Å². The Kier molecular flexibility index (Phi) is 5.93. The molecule has 1 aromatic carbocycles. The number of benzene rings is 1. The second-order valence-electron chi connectivity index (χ2n) is 4.12. The first-order chi connectivity index (χ1) is 8.45. The maximum atomic E-state index is 10.6. The van der Waals surface area contributed by atoms with Gasteiger partial charge in [0.25, 0.3) is 0 Å². The molecule has 0 saturated carbocycles. The van der Waals surface area contributed by atoms with Crippen LogP contribution in [0.3, 0.4) is 0 Å². The van der Waals surface area contributed by atoms with Gasteiger partial charge in [-0.3, -0.25) is 9.69 Å². The molecule has 1 aromatic rings. The molecule has 0 saturated heterocycles. The number of halogens is 2. The third kappa shape index (κ3) is 4.16. The van der Waals surface area contributed by atoms with E-state index in [0.717, 1.165) is 12.1 Å². The van der Waals surface area contributed by atoms with Crippen LogP contribution in [0.2, 0.25) is 10.0 Å². The highest BCUT2D eigenvalue weighted by atomic mass is 35.5. The Morgan fingerprint density at radius 3 is 2.56 bits per heavy atom. The average Bonchev–Trinajstić information content (AvgIpc) is 2.32. The van der Waals surface area contributed by atoms with Crippen LogP contribution in [0.4, 0.5) is 0 Å². The van der Waals surface area contributed by atoms with E-state index >= 15 is 0 Å². The van der Waals surface area contributed by atoms with E-state index in [1.54, 1.807) is 6.07 Å².